The van der Waals surface area contributed by atoms with Crippen LogP contribution in [0.2, 0.25) is 5.02 Å². The van der Waals surface area contributed by atoms with Gasteiger partial charge in [0.1, 0.15) is 18.2 Å². The number of nitrogens with zero attached hydrogens (tertiary/aromatic N) is 1. The van der Waals surface area contributed by atoms with E-state index in [4.69, 9.17) is 16.3 Å². The van der Waals surface area contributed by atoms with Gasteiger partial charge in [-0.05, 0) is 35.4 Å². The molecule has 2 N–H and O–H groups in total. The molecule has 0 radical (unpaired) electrons. The first kappa shape index (κ1) is 17.6. The van der Waals surface area contributed by atoms with Gasteiger partial charge in [-0.25, -0.2) is 4.98 Å². The van der Waals surface area contributed by atoms with E-state index in [1.165, 1.54) is 0 Å². The topological polar surface area (TPSA) is 49.9 Å². The van der Waals surface area contributed by atoms with Crippen molar-refractivity contribution >= 4 is 22.6 Å². The molecule has 0 amide bonds. The van der Waals surface area contributed by atoms with Gasteiger partial charge in [0, 0.05) is 6.54 Å². The van der Waals surface area contributed by atoms with Crippen molar-refractivity contribution in [3.05, 3.63) is 94.8 Å². The maximum Gasteiger partial charge on any atom is 0.138 e. The Hall–Kier alpha value is -2.82. The number of rotatable bonds is 7. The van der Waals surface area contributed by atoms with Gasteiger partial charge in [-0.1, -0.05) is 60.1 Å². The molecule has 3 aromatic carbocycles. The summed E-state index contributed by atoms with van der Waals surface area (Å²) in [5.41, 5.74) is 4.25. The van der Waals surface area contributed by atoms with Crippen LogP contribution in [-0.4, -0.2) is 9.97 Å². The van der Waals surface area contributed by atoms with Crippen LogP contribution in [0.25, 0.3) is 11.0 Å². The van der Waals surface area contributed by atoms with Gasteiger partial charge in [0.2, 0.25) is 0 Å². The highest BCUT2D eigenvalue weighted by atomic mass is 35.5. The second kappa shape index (κ2) is 8.25. The number of ether oxygens (including phenoxy) is 1. The molecule has 0 unspecified atom stereocenters. The zero-order chi connectivity index (χ0) is 18.5. The SMILES string of the molecule is Clc1cc(CNCc2nc3ccccc3[nH]2)ccc1OCc1ccccc1. The molecule has 27 heavy (non-hydrogen) atoms. The Labute approximate surface area is 163 Å². The molecule has 0 fully saturated rings. The van der Waals surface area contributed by atoms with E-state index in [1.54, 1.807) is 0 Å². The van der Waals surface area contributed by atoms with E-state index >= 15 is 0 Å². The Bertz CT molecular complexity index is 997. The average molecular weight is 378 g/mol. The monoisotopic (exact) mass is 377 g/mol. The maximum atomic E-state index is 6.37. The van der Waals surface area contributed by atoms with Crippen LogP contribution in [0.5, 0.6) is 5.75 Å². The third kappa shape index (κ3) is 4.48. The lowest BCUT2D eigenvalue weighted by Crippen LogP contribution is -2.13. The van der Waals surface area contributed by atoms with Crippen LogP contribution in [0.15, 0.2) is 72.8 Å². The molecule has 4 nitrogen and oxygen atoms in total. The van der Waals surface area contributed by atoms with Gasteiger partial charge in [-0.3, -0.25) is 0 Å². The van der Waals surface area contributed by atoms with Crippen LogP contribution in [-0.2, 0) is 19.7 Å². The molecule has 0 aliphatic rings. The molecule has 0 aliphatic heterocycles. The van der Waals surface area contributed by atoms with E-state index in [-0.39, 0.29) is 0 Å². The van der Waals surface area contributed by atoms with Gasteiger partial charge in [-0.15, -0.1) is 0 Å². The van der Waals surface area contributed by atoms with Crippen LogP contribution in [0.3, 0.4) is 0 Å². The van der Waals surface area contributed by atoms with Gasteiger partial charge in [0.25, 0.3) is 0 Å². The second-order valence-corrected chi connectivity index (χ2v) is 6.75. The molecule has 0 atom stereocenters. The van der Waals surface area contributed by atoms with Crippen LogP contribution < -0.4 is 10.1 Å². The van der Waals surface area contributed by atoms with Crippen LogP contribution in [0.1, 0.15) is 17.0 Å². The highest BCUT2D eigenvalue weighted by Gasteiger charge is 2.05. The summed E-state index contributed by atoms with van der Waals surface area (Å²) in [4.78, 5) is 7.88. The Kier molecular flexibility index (Phi) is 5.37. The van der Waals surface area contributed by atoms with Crippen molar-refractivity contribution in [1.82, 2.24) is 15.3 Å². The maximum absolute atomic E-state index is 6.37. The first-order chi connectivity index (χ1) is 13.3. The number of benzene rings is 3. The molecular formula is C22H20ClN3O. The first-order valence-corrected chi connectivity index (χ1v) is 9.25. The van der Waals surface area contributed by atoms with E-state index in [0.717, 1.165) is 28.0 Å². The summed E-state index contributed by atoms with van der Waals surface area (Å²) < 4.78 is 5.82. The standard InChI is InChI=1S/C22H20ClN3O/c23-18-12-17(10-11-21(18)27-15-16-6-2-1-3-7-16)13-24-14-22-25-19-8-4-5-9-20(19)26-22/h1-12,24H,13-15H2,(H,25,26). The van der Waals surface area contributed by atoms with Crippen LogP contribution in [0.4, 0.5) is 0 Å². The van der Waals surface area contributed by atoms with Crippen molar-refractivity contribution in [2.24, 2.45) is 0 Å². The number of aromatic nitrogens is 2. The summed E-state index contributed by atoms with van der Waals surface area (Å²) >= 11 is 6.37. The van der Waals surface area contributed by atoms with Crippen molar-refractivity contribution in [3.63, 3.8) is 0 Å². The average Bonchev–Trinajstić information content (AvgIpc) is 3.11. The predicted molar refractivity (Wildman–Crippen MR) is 109 cm³/mol. The van der Waals surface area contributed by atoms with Crippen molar-refractivity contribution in [1.29, 1.82) is 0 Å². The van der Waals surface area contributed by atoms with Gasteiger partial charge in [0.15, 0.2) is 0 Å². The van der Waals surface area contributed by atoms with E-state index in [0.29, 0.717) is 30.5 Å². The first-order valence-electron chi connectivity index (χ1n) is 8.87. The van der Waals surface area contributed by atoms with Gasteiger partial charge in [0.05, 0.1) is 22.6 Å². The summed E-state index contributed by atoms with van der Waals surface area (Å²) in [6.07, 6.45) is 0. The van der Waals surface area contributed by atoms with Crippen molar-refractivity contribution in [2.75, 3.05) is 0 Å². The van der Waals surface area contributed by atoms with Gasteiger partial charge in [-0.2, -0.15) is 0 Å². The fourth-order valence-electron chi connectivity index (χ4n) is 2.92. The molecule has 4 aromatic rings. The summed E-state index contributed by atoms with van der Waals surface area (Å²) in [6.45, 7) is 1.87. The van der Waals surface area contributed by atoms with E-state index in [9.17, 15) is 0 Å². The summed E-state index contributed by atoms with van der Waals surface area (Å²) in [5, 5.41) is 4.01. The minimum atomic E-state index is 0.504. The molecule has 1 aromatic heterocycles. The Morgan fingerprint density at radius 3 is 2.52 bits per heavy atom. The molecular weight excluding hydrogens is 358 g/mol. The van der Waals surface area contributed by atoms with Crippen molar-refractivity contribution < 1.29 is 4.74 Å². The van der Waals surface area contributed by atoms with E-state index < -0.39 is 0 Å². The van der Waals surface area contributed by atoms with E-state index in [2.05, 4.69) is 15.3 Å². The number of para-hydroxylation sites is 2. The van der Waals surface area contributed by atoms with E-state index in [1.807, 2.05) is 72.8 Å². The number of fused-ring (bicyclic) bond motifs is 1. The molecule has 0 saturated heterocycles. The van der Waals surface area contributed by atoms with Gasteiger partial charge >= 0.3 is 0 Å². The van der Waals surface area contributed by atoms with Crippen LogP contribution in [0, 0.1) is 0 Å². The molecule has 0 aliphatic carbocycles. The quantitative estimate of drug-likeness (QED) is 0.472. The number of imidazole rings is 1. The smallest absolute Gasteiger partial charge is 0.138 e. The normalized spacial score (nSPS) is 11.0. The molecule has 0 spiro atoms. The molecule has 0 saturated carbocycles. The van der Waals surface area contributed by atoms with Gasteiger partial charge < -0.3 is 15.0 Å². The third-order valence-electron chi connectivity index (χ3n) is 4.29. The zero-order valence-corrected chi connectivity index (χ0v) is 15.5. The number of H-pyrrole nitrogens is 1. The molecule has 1 heterocycles. The summed E-state index contributed by atoms with van der Waals surface area (Å²) in [6, 6.07) is 24.0. The number of nitrogens with one attached hydrogen (secondary N) is 2. The van der Waals surface area contributed by atoms with Crippen LogP contribution >= 0.6 is 11.6 Å². The lowest BCUT2D eigenvalue weighted by molar-refractivity contribution is 0.306. The minimum absolute atomic E-state index is 0.504. The third-order valence-corrected chi connectivity index (χ3v) is 4.59. The number of hydrogen-bond acceptors (Lipinski definition) is 3. The number of halogens is 1. The Morgan fingerprint density at radius 2 is 1.70 bits per heavy atom. The lowest BCUT2D eigenvalue weighted by atomic mass is 10.2. The molecule has 4 rings (SSSR count). The Balaban J connectivity index is 1.32. The molecule has 0 bridgehead atoms. The highest BCUT2D eigenvalue weighted by molar-refractivity contribution is 6.32. The largest absolute Gasteiger partial charge is 0.487 e. The fraction of sp³-hybridized carbons (Fsp3) is 0.136. The second-order valence-electron chi connectivity index (χ2n) is 6.34. The summed E-state index contributed by atoms with van der Waals surface area (Å²) in [5.74, 6) is 1.62. The predicted octanol–water partition coefficient (Wildman–Crippen LogP) is 5.09. The highest BCUT2D eigenvalue weighted by Crippen LogP contribution is 2.26. The fourth-order valence-corrected chi connectivity index (χ4v) is 3.18. The zero-order valence-electron chi connectivity index (χ0n) is 14.8. The molecule has 5 heteroatoms. The molecule has 136 valence electrons. The van der Waals surface area contributed by atoms with Crippen molar-refractivity contribution in [3.8, 4) is 5.75 Å². The minimum Gasteiger partial charge on any atom is -0.487 e. The number of aromatic amines is 1. The van der Waals surface area contributed by atoms with Crippen molar-refractivity contribution in [2.45, 2.75) is 19.7 Å². The summed E-state index contributed by atoms with van der Waals surface area (Å²) in [7, 11) is 0. The lowest BCUT2D eigenvalue weighted by Gasteiger charge is -2.10. The Morgan fingerprint density at radius 1 is 0.889 bits per heavy atom. The number of hydrogen-bond donors (Lipinski definition) is 2.